The first-order chi connectivity index (χ1) is 12.0. The molecule has 134 valence electrons. The third-order valence-corrected chi connectivity index (χ3v) is 4.67. The van der Waals surface area contributed by atoms with Crippen LogP contribution in [-0.4, -0.2) is 54.0 Å². The highest BCUT2D eigenvalue weighted by atomic mass is 16.5. The zero-order valence-corrected chi connectivity index (χ0v) is 15.2. The van der Waals surface area contributed by atoms with Crippen LogP contribution in [0.2, 0.25) is 0 Å². The Morgan fingerprint density at radius 2 is 1.68 bits per heavy atom. The van der Waals surface area contributed by atoms with E-state index in [-0.39, 0.29) is 17.9 Å². The molecule has 2 amide bonds. The van der Waals surface area contributed by atoms with Gasteiger partial charge in [0.15, 0.2) is 0 Å². The van der Waals surface area contributed by atoms with Gasteiger partial charge in [0.25, 0.3) is 11.8 Å². The summed E-state index contributed by atoms with van der Waals surface area (Å²) in [5.74, 6) is -0.391. The number of benzene rings is 1. The standard InChI is InChI=1S/C20H26N2O3/c1-14(2)25-13-12-22-19(23)17(16-8-6-15(3)7-9-16)18(20(22)24)21-10-4-5-11-21/h6-9,14H,4-5,10-13H2,1-3H3. The second-order valence-electron chi connectivity index (χ2n) is 6.97. The summed E-state index contributed by atoms with van der Waals surface area (Å²) in [6.45, 7) is 8.22. The average molecular weight is 342 g/mol. The lowest BCUT2D eigenvalue weighted by Crippen LogP contribution is -2.37. The minimum Gasteiger partial charge on any atom is -0.377 e. The van der Waals surface area contributed by atoms with Gasteiger partial charge in [-0.2, -0.15) is 0 Å². The Morgan fingerprint density at radius 3 is 2.28 bits per heavy atom. The summed E-state index contributed by atoms with van der Waals surface area (Å²) in [4.78, 5) is 29.4. The molecule has 1 fully saturated rings. The fraction of sp³-hybridized carbons (Fsp3) is 0.500. The molecule has 25 heavy (non-hydrogen) atoms. The number of hydrogen-bond donors (Lipinski definition) is 0. The lowest BCUT2D eigenvalue weighted by atomic mass is 10.0. The van der Waals surface area contributed by atoms with Gasteiger partial charge in [0.1, 0.15) is 5.70 Å². The molecule has 0 saturated carbocycles. The number of imide groups is 1. The van der Waals surface area contributed by atoms with Crippen molar-refractivity contribution < 1.29 is 14.3 Å². The molecule has 0 aliphatic carbocycles. The minimum atomic E-state index is -0.205. The maximum atomic E-state index is 13.0. The highest BCUT2D eigenvalue weighted by Gasteiger charge is 2.41. The number of amides is 2. The molecular formula is C20H26N2O3. The van der Waals surface area contributed by atoms with Crippen LogP contribution in [0.25, 0.3) is 5.57 Å². The fourth-order valence-corrected chi connectivity index (χ4v) is 3.36. The van der Waals surface area contributed by atoms with Crippen LogP contribution < -0.4 is 0 Å². The summed E-state index contributed by atoms with van der Waals surface area (Å²) in [7, 11) is 0. The first-order valence-electron chi connectivity index (χ1n) is 9.03. The highest BCUT2D eigenvalue weighted by molar-refractivity contribution is 6.35. The molecule has 0 aromatic heterocycles. The summed E-state index contributed by atoms with van der Waals surface area (Å²) in [6.07, 6.45) is 2.20. The lowest BCUT2D eigenvalue weighted by Gasteiger charge is -2.20. The van der Waals surface area contributed by atoms with Gasteiger partial charge in [0.2, 0.25) is 0 Å². The van der Waals surface area contributed by atoms with E-state index in [9.17, 15) is 9.59 Å². The van der Waals surface area contributed by atoms with Gasteiger partial charge >= 0.3 is 0 Å². The van der Waals surface area contributed by atoms with Crippen molar-refractivity contribution in [3.63, 3.8) is 0 Å². The Morgan fingerprint density at radius 1 is 1.04 bits per heavy atom. The summed E-state index contributed by atoms with van der Waals surface area (Å²) >= 11 is 0. The van der Waals surface area contributed by atoms with Crippen LogP contribution in [0, 0.1) is 6.92 Å². The predicted octanol–water partition coefficient (Wildman–Crippen LogP) is 2.60. The maximum absolute atomic E-state index is 13.0. The first-order valence-corrected chi connectivity index (χ1v) is 9.03. The quantitative estimate of drug-likeness (QED) is 0.746. The molecular weight excluding hydrogens is 316 g/mol. The molecule has 1 saturated heterocycles. The summed E-state index contributed by atoms with van der Waals surface area (Å²) in [6, 6.07) is 7.82. The Hall–Kier alpha value is -2.14. The van der Waals surface area contributed by atoms with Crippen molar-refractivity contribution in [2.24, 2.45) is 0 Å². The maximum Gasteiger partial charge on any atom is 0.277 e. The van der Waals surface area contributed by atoms with Crippen LogP contribution in [0.5, 0.6) is 0 Å². The van der Waals surface area contributed by atoms with E-state index in [1.807, 2.05) is 45.0 Å². The van der Waals surface area contributed by atoms with Crippen LogP contribution in [0.4, 0.5) is 0 Å². The number of likely N-dealkylation sites (tertiary alicyclic amines) is 1. The van der Waals surface area contributed by atoms with E-state index in [2.05, 4.69) is 4.90 Å². The van der Waals surface area contributed by atoms with Crippen molar-refractivity contribution in [1.82, 2.24) is 9.80 Å². The summed E-state index contributed by atoms with van der Waals surface area (Å²) in [5, 5.41) is 0. The Bertz CT molecular complexity index is 685. The Labute approximate surface area is 149 Å². The van der Waals surface area contributed by atoms with Crippen LogP contribution in [0.15, 0.2) is 30.0 Å². The molecule has 5 heteroatoms. The van der Waals surface area contributed by atoms with E-state index < -0.39 is 0 Å². The van der Waals surface area contributed by atoms with Gasteiger partial charge in [-0.15, -0.1) is 0 Å². The Kier molecular flexibility index (Phi) is 5.23. The molecule has 3 rings (SSSR count). The van der Waals surface area contributed by atoms with Crippen LogP contribution in [0.1, 0.15) is 37.8 Å². The van der Waals surface area contributed by atoms with Gasteiger partial charge in [0, 0.05) is 13.1 Å². The average Bonchev–Trinajstić information content (AvgIpc) is 3.17. The third-order valence-electron chi connectivity index (χ3n) is 4.67. The van der Waals surface area contributed by atoms with Gasteiger partial charge in [-0.3, -0.25) is 14.5 Å². The number of aryl methyl sites for hydroxylation is 1. The summed E-state index contributed by atoms with van der Waals surface area (Å²) < 4.78 is 5.54. The second-order valence-corrected chi connectivity index (χ2v) is 6.97. The molecule has 5 nitrogen and oxygen atoms in total. The fourth-order valence-electron chi connectivity index (χ4n) is 3.36. The summed E-state index contributed by atoms with van der Waals surface area (Å²) in [5.41, 5.74) is 3.05. The van der Waals surface area contributed by atoms with Crippen molar-refractivity contribution in [2.75, 3.05) is 26.2 Å². The van der Waals surface area contributed by atoms with Gasteiger partial charge < -0.3 is 9.64 Å². The molecule has 0 radical (unpaired) electrons. The van der Waals surface area contributed by atoms with Crippen molar-refractivity contribution >= 4 is 17.4 Å². The molecule has 0 N–H and O–H groups in total. The largest absolute Gasteiger partial charge is 0.377 e. The van der Waals surface area contributed by atoms with Crippen molar-refractivity contribution in [3.05, 3.63) is 41.1 Å². The molecule has 2 aliphatic heterocycles. The molecule has 0 bridgehead atoms. The Balaban J connectivity index is 1.92. The second kappa shape index (κ2) is 7.40. The van der Waals surface area contributed by atoms with Gasteiger partial charge in [0.05, 0.1) is 24.8 Å². The third kappa shape index (κ3) is 3.61. The first kappa shape index (κ1) is 17.7. The van der Waals surface area contributed by atoms with Gasteiger partial charge in [-0.05, 0) is 39.2 Å². The molecule has 0 atom stereocenters. The number of carbonyl (C=O) groups is 2. The molecule has 0 spiro atoms. The lowest BCUT2D eigenvalue weighted by molar-refractivity contribution is -0.138. The predicted molar refractivity (Wildman–Crippen MR) is 96.7 cm³/mol. The molecule has 2 aliphatic rings. The van der Waals surface area contributed by atoms with E-state index >= 15 is 0 Å². The number of carbonyl (C=O) groups excluding carboxylic acids is 2. The smallest absolute Gasteiger partial charge is 0.277 e. The van der Waals surface area contributed by atoms with E-state index in [1.165, 1.54) is 4.90 Å². The number of nitrogens with zero attached hydrogens (tertiary/aromatic N) is 2. The molecule has 0 unspecified atom stereocenters. The monoisotopic (exact) mass is 342 g/mol. The van der Waals surface area contributed by atoms with Crippen LogP contribution in [0.3, 0.4) is 0 Å². The van der Waals surface area contributed by atoms with Gasteiger partial charge in [-0.1, -0.05) is 29.8 Å². The topological polar surface area (TPSA) is 49.9 Å². The molecule has 1 aromatic carbocycles. The van der Waals surface area contributed by atoms with Crippen molar-refractivity contribution in [3.8, 4) is 0 Å². The zero-order valence-electron chi connectivity index (χ0n) is 15.2. The van der Waals surface area contributed by atoms with Crippen molar-refractivity contribution in [2.45, 2.75) is 39.7 Å². The SMILES string of the molecule is Cc1ccc(C2=C(N3CCCC3)C(=O)N(CCOC(C)C)C2=O)cc1. The zero-order chi connectivity index (χ0) is 18.0. The van der Waals surface area contributed by atoms with Crippen LogP contribution in [-0.2, 0) is 14.3 Å². The molecule has 1 aromatic rings. The van der Waals surface area contributed by atoms with Gasteiger partial charge in [-0.25, -0.2) is 0 Å². The number of hydrogen-bond acceptors (Lipinski definition) is 4. The van der Waals surface area contributed by atoms with E-state index in [0.29, 0.717) is 24.4 Å². The number of ether oxygens (including phenoxy) is 1. The number of rotatable bonds is 6. The van der Waals surface area contributed by atoms with Crippen LogP contribution >= 0.6 is 0 Å². The minimum absolute atomic E-state index is 0.0791. The normalized spacial score (nSPS) is 18.2. The van der Waals surface area contributed by atoms with E-state index in [0.717, 1.165) is 37.1 Å². The molecule has 2 heterocycles. The highest BCUT2D eigenvalue weighted by Crippen LogP contribution is 2.33. The van der Waals surface area contributed by atoms with E-state index in [4.69, 9.17) is 4.74 Å². The van der Waals surface area contributed by atoms with Crippen molar-refractivity contribution in [1.29, 1.82) is 0 Å². The van der Waals surface area contributed by atoms with E-state index in [1.54, 1.807) is 0 Å².